The summed E-state index contributed by atoms with van der Waals surface area (Å²) in [6, 6.07) is 2.77. The van der Waals surface area contributed by atoms with Crippen LogP contribution in [0.5, 0.6) is 0 Å². The summed E-state index contributed by atoms with van der Waals surface area (Å²) in [6.07, 6.45) is 4.45. The van der Waals surface area contributed by atoms with Gasteiger partial charge in [0.15, 0.2) is 5.69 Å². The molecule has 1 aromatic rings. The number of hydrogen-bond acceptors (Lipinski definition) is 4. The van der Waals surface area contributed by atoms with Gasteiger partial charge < -0.3 is 9.84 Å². The fourth-order valence-electron chi connectivity index (χ4n) is 2.52. The highest BCUT2D eigenvalue weighted by molar-refractivity contribution is 5.92. The van der Waals surface area contributed by atoms with E-state index in [1.807, 2.05) is 6.92 Å². The molecule has 2 aliphatic rings. The minimum atomic E-state index is -0.110. The SMILES string of the molecule is CCc1cc(C(=O)NC2CCN(C3CC3)C2)no1. The van der Waals surface area contributed by atoms with E-state index >= 15 is 0 Å². The summed E-state index contributed by atoms with van der Waals surface area (Å²) in [5, 5.41) is 6.84. The number of nitrogens with one attached hydrogen (secondary N) is 1. The van der Waals surface area contributed by atoms with Gasteiger partial charge in [-0.25, -0.2) is 0 Å². The van der Waals surface area contributed by atoms with Gasteiger partial charge in [-0.2, -0.15) is 0 Å². The number of aryl methyl sites for hydroxylation is 1. The number of amides is 1. The van der Waals surface area contributed by atoms with E-state index in [1.54, 1.807) is 6.07 Å². The molecule has 1 saturated carbocycles. The van der Waals surface area contributed by atoms with E-state index < -0.39 is 0 Å². The van der Waals surface area contributed by atoms with Crippen molar-refractivity contribution < 1.29 is 9.32 Å². The van der Waals surface area contributed by atoms with Crippen molar-refractivity contribution >= 4 is 5.91 Å². The smallest absolute Gasteiger partial charge is 0.273 e. The molecule has 3 rings (SSSR count). The van der Waals surface area contributed by atoms with Crippen LogP contribution in [0.3, 0.4) is 0 Å². The molecule has 98 valence electrons. The van der Waals surface area contributed by atoms with Crippen molar-refractivity contribution in [1.29, 1.82) is 0 Å². The Bertz CT molecular complexity index is 439. The highest BCUT2D eigenvalue weighted by Crippen LogP contribution is 2.29. The molecule has 1 aliphatic carbocycles. The van der Waals surface area contributed by atoms with Crippen molar-refractivity contribution in [3.05, 3.63) is 17.5 Å². The third-order valence-corrected chi connectivity index (χ3v) is 3.76. The van der Waals surface area contributed by atoms with Crippen molar-refractivity contribution in [2.75, 3.05) is 13.1 Å². The second kappa shape index (κ2) is 4.72. The predicted molar refractivity (Wildman–Crippen MR) is 66.3 cm³/mol. The molecule has 1 atom stereocenters. The lowest BCUT2D eigenvalue weighted by molar-refractivity contribution is 0.0928. The molecule has 5 heteroatoms. The van der Waals surface area contributed by atoms with E-state index in [-0.39, 0.29) is 11.9 Å². The van der Waals surface area contributed by atoms with Crippen LogP contribution in [0.15, 0.2) is 10.6 Å². The van der Waals surface area contributed by atoms with Gasteiger partial charge in [-0.3, -0.25) is 9.69 Å². The van der Waals surface area contributed by atoms with Crippen LogP contribution in [-0.2, 0) is 6.42 Å². The molecule has 0 spiro atoms. The van der Waals surface area contributed by atoms with Gasteiger partial charge in [-0.05, 0) is 19.3 Å². The topological polar surface area (TPSA) is 58.4 Å². The first-order chi connectivity index (χ1) is 8.76. The van der Waals surface area contributed by atoms with Gasteiger partial charge in [0.25, 0.3) is 5.91 Å². The van der Waals surface area contributed by atoms with Crippen LogP contribution in [0, 0.1) is 0 Å². The normalized spacial score (nSPS) is 24.4. The third kappa shape index (κ3) is 2.41. The summed E-state index contributed by atoms with van der Waals surface area (Å²) in [5.41, 5.74) is 0.400. The molecule has 0 bridgehead atoms. The Morgan fingerprint density at radius 2 is 2.39 bits per heavy atom. The second-order valence-corrected chi connectivity index (χ2v) is 5.22. The Morgan fingerprint density at radius 1 is 1.56 bits per heavy atom. The molecule has 0 radical (unpaired) electrons. The number of likely N-dealkylation sites (tertiary alicyclic amines) is 1. The number of rotatable bonds is 4. The largest absolute Gasteiger partial charge is 0.361 e. The average Bonchev–Trinajstić information content (AvgIpc) is 2.93. The van der Waals surface area contributed by atoms with E-state index in [0.29, 0.717) is 5.69 Å². The lowest BCUT2D eigenvalue weighted by Gasteiger charge is -2.15. The van der Waals surface area contributed by atoms with E-state index in [9.17, 15) is 4.79 Å². The van der Waals surface area contributed by atoms with E-state index in [2.05, 4.69) is 15.4 Å². The minimum Gasteiger partial charge on any atom is -0.361 e. The molecule has 18 heavy (non-hydrogen) atoms. The molecular formula is C13H19N3O2. The van der Waals surface area contributed by atoms with Gasteiger partial charge in [0.1, 0.15) is 5.76 Å². The Labute approximate surface area is 107 Å². The Balaban J connectivity index is 1.54. The summed E-state index contributed by atoms with van der Waals surface area (Å²) in [4.78, 5) is 14.4. The fraction of sp³-hybridized carbons (Fsp3) is 0.692. The van der Waals surface area contributed by atoms with E-state index in [4.69, 9.17) is 4.52 Å². The van der Waals surface area contributed by atoms with Crippen LogP contribution in [0.1, 0.15) is 42.4 Å². The molecule has 1 N–H and O–H groups in total. The van der Waals surface area contributed by atoms with Crippen molar-refractivity contribution in [3.8, 4) is 0 Å². The number of nitrogens with zero attached hydrogens (tertiary/aromatic N) is 2. The van der Waals surface area contributed by atoms with Crippen LogP contribution in [0.25, 0.3) is 0 Å². The predicted octanol–water partition coefficient (Wildman–Crippen LogP) is 1.20. The molecule has 1 saturated heterocycles. The van der Waals surface area contributed by atoms with Crippen LogP contribution in [0.2, 0.25) is 0 Å². The maximum Gasteiger partial charge on any atom is 0.273 e. The standard InChI is InChI=1S/C13H19N3O2/c1-2-11-7-12(15-18-11)13(17)14-9-5-6-16(8-9)10-3-4-10/h7,9-10H,2-6,8H2,1H3,(H,14,17). The minimum absolute atomic E-state index is 0.110. The lowest BCUT2D eigenvalue weighted by Crippen LogP contribution is -2.37. The Kier molecular flexibility index (Phi) is 3.07. The molecular weight excluding hydrogens is 230 g/mol. The monoisotopic (exact) mass is 249 g/mol. The summed E-state index contributed by atoms with van der Waals surface area (Å²) in [5.74, 6) is 0.646. The zero-order chi connectivity index (χ0) is 12.5. The highest BCUT2D eigenvalue weighted by atomic mass is 16.5. The number of hydrogen-bond donors (Lipinski definition) is 1. The number of carbonyl (C=O) groups excluding carboxylic acids is 1. The van der Waals surface area contributed by atoms with Crippen molar-refractivity contribution in [3.63, 3.8) is 0 Å². The van der Waals surface area contributed by atoms with Gasteiger partial charge >= 0.3 is 0 Å². The van der Waals surface area contributed by atoms with E-state index in [1.165, 1.54) is 12.8 Å². The molecule has 5 nitrogen and oxygen atoms in total. The summed E-state index contributed by atoms with van der Waals surface area (Å²) in [6.45, 7) is 4.07. The van der Waals surface area contributed by atoms with E-state index in [0.717, 1.165) is 37.7 Å². The summed E-state index contributed by atoms with van der Waals surface area (Å²) < 4.78 is 5.05. The maximum absolute atomic E-state index is 12.0. The molecule has 1 unspecified atom stereocenters. The van der Waals surface area contributed by atoms with Gasteiger partial charge in [0.2, 0.25) is 0 Å². The Hall–Kier alpha value is -1.36. The highest BCUT2D eigenvalue weighted by Gasteiger charge is 2.35. The summed E-state index contributed by atoms with van der Waals surface area (Å²) >= 11 is 0. The molecule has 1 amide bonds. The van der Waals surface area contributed by atoms with Crippen molar-refractivity contribution in [1.82, 2.24) is 15.4 Å². The van der Waals surface area contributed by atoms with Crippen LogP contribution in [-0.4, -0.2) is 41.1 Å². The molecule has 1 aromatic heterocycles. The molecule has 1 aliphatic heterocycles. The van der Waals surface area contributed by atoms with Gasteiger partial charge in [-0.1, -0.05) is 12.1 Å². The third-order valence-electron chi connectivity index (χ3n) is 3.76. The van der Waals surface area contributed by atoms with Gasteiger partial charge in [-0.15, -0.1) is 0 Å². The number of carbonyl (C=O) groups is 1. The first-order valence-electron chi connectivity index (χ1n) is 6.76. The quantitative estimate of drug-likeness (QED) is 0.871. The zero-order valence-corrected chi connectivity index (χ0v) is 10.7. The molecule has 0 aromatic carbocycles. The Morgan fingerprint density at radius 3 is 3.06 bits per heavy atom. The van der Waals surface area contributed by atoms with Crippen LogP contribution in [0.4, 0.5) is 0 Å². The van der Waals surface area contributed by atoms with Gasteiger partial charge in [0, 0.05) is 37.7 Å². The fourth-order valence-corrected chi connectivity index (χ4v) is 2.52. The zero-order valence-electron chi connectivity index (χ0n) is 10.7. The molecule has 2 fully saturated rings. The van der Waals surface area contributed by atoms with Crippen LogP contribution >= 0.6 is 0 Å². The molecule has 2 heterocycles. The van der Waals surface area contributed by atoms with Crippen molar-refractivity contribution in [2.24, 2.45) is 0 Å². The summed E-state index contributed by atoms with van der Waals surface area (Å²) in [7, 11) is 0. The first kappa shape index (κ1) is 11.7. The lowest BCUT2D eigenvalue weighted by atomic mass is 10.2. The van der Waals surface area contributed by atoms with Gasteiger partial charge in [0.05, 0.1) is 0 Å². The van der Waals surface area contributed by atoms with Crippen LogP contribution < -0.4 is 5.32 Å². The van der Waals surface area contributed by atoms with Crippen molar-refractivity contribution in [2.45, 2.75) is 44.7 Å². The second-order valence-electron chi connectivity index (χ2n) is 5.22. The first-order valence-corrected chi connectivity index (χ1v) is 6.76. The maximum atomic E-state index is 12.0. The average molecular weight is 249 g/mol. The number of aromatic nitrogens is 1.